The van der Waals surface area contributed by atoms with Gasteiger partial charge in [0.25, 0.3) is 10.0 Å². The lowest BCUT2D eigenvalue weighted by Gasteiger charge is -2.18. The SMILES string of the molecule is N#Cc1cccc(NS(=O)(=O)c2ccc3c(c2)NC(=O)[C@@H](CC(=O)N2CCCC2)CS3)c1. The maximum absolute atomic E-state index is 12.8. The van der Waals surface area contributed by atoms with Crippen LogP contribution in [0.5, 0.6) is 0 Å². The van der Waals surface area contributed by atoms with Crippen molar-refractivity contribution in [3.05, 3.63) is 48.0 Å². The molecule has 0 spiro atoms. The van der Waals surface area contributed by atoms with Gasteiger partial charge in [-0.3, -0.25) is 14.3 Å². The van der Waals surface area contributed by atoms with Crippen LogP contribution in [0.25, 0.3) is 0 Å². The van der Waals surface area contributed by atoms with Crippen LogP contribution in [0, 0.1) is 17.2 Å². The lowest BCUT2D eigenvalue weighted by molar-refractivity contribution is -0.133. The normalized spacial score (nSPS) is 18.3. The molecule has 2 aliphatic heterocycles. The number of amides is 2. The van der Waals surface area contributed by atoms with Crippen LogP contribution in [-0.2, 0) is 19.6 Å². The number of carbonyl (C=O) groups is 2. The number of carbonyl (C=O) groups excluding carboxylic acids is 2. The van der Waals surface area contributed by atoms with E-state index in [0.717, 1.165) is 30.8 Å². The van der Waals surface area contributed by atoms with E-state index < -0.39 is 15.9 Å². The highest BCUT2D eigenvalue weighted by atomic mass is 32.2. The first-order valence-electron chi connectivity index (χ1n) is 10.2. The average molecular weight is 471 g/mol. The summed E-state index contributed by atoms with van der Waals surface area (Å²) in [6.45, 7) is 1.48. The van der Waals surface area contributed by atoms with Gasteiger partial charge in [0.15, 0.2) is 0 Å². The maximum atomic E-state index is 12.8. The third-order valence-corrected chi connectivity index (χ3v) is 8.07. The smallest absolute Gasteiger partial charge is 0.261 e. The molecule has 2 heterocycles. The van der Waals surface area contributed by atoms with Crippen LogP contribution in [0.15, 0.2) is 52.3 Å². The number of nitriles is 1. The number of hydrogen-bond donors (Lipinski definition) is 2. The molecule has 4 rings (SSSR count). The first-order chi connectivity index (χ1) is 15.4. The van der Waals surface area contributed by atoms with Crippen LogP contribution >= 0.6 is 11.8 Å². The molecule has 2 aliphatic rings. The van der Waals surface area contributed by atoms with Crippen LogP contribution in [0.4, 0.5) is 11.4 Å². The maximum Gasteiger partial charge on any atom is 0.261 e. The lowest BCUT2D eigenvalue weighted by Crippen LogP contribution is -2.33. The summed E-state index contributed by atoms with van der Waals surface area (Å²) < 4.78 is 28.2. The number of fused-ring (bicyclic) bond motifs is 1. The molecule has 0 aromatic heterocycles. The van der Waals surface area contributed by atoms with E-state index in [1.54, 1.807) is 29.2 Å². The summed E-state index contributed by atoms with van der Waals surface area (Å²) in [7, 11) is -3.93. The van der Waals surface area contributed by atoms with Gasteiger partial charge in [0.2, 0.25) is 11.8 Å². The topological polar surface area (TPSA) is 119 Å². The minimum atomic E-state index is -3.93. The standard InChI is InChI=1S/C22H22N4O4S2/c23-13-15-4-3-5-17(10-15)25-32(29,30)18-6-7-20-19(12-18)24-22(28)16(14-31-20)11-21(27)26-8-1-2-9-26/h3-7,10,12,16,25H,1-2,8-9,11,14H2,(H,24,28)/t16-/m0/s1. The van der Waals surface area contributed by atoms with Crippen molar-refractivity contribution in [1.29, 1.82) is 5.26 Å². The zero-order valence-corrected chi connectivity index (χ0v) is 18.8. The van der Waals surface area contributed by atoms with E-state index in [9.17, 15) is 18.0 Å². The monoisotopic (exact) mass is 470 g/mol. The minimum Gasteiger partial charge on any atom is -0.343 e. The van der Waals surface area contributed by atoms with Crippen molar-refractivity contribution >= 4 is 45.0 Å². The number of nitrogens with one attached hydrogen (secondary N) is 2. The Morgan fingerprint density at radius 2 is 2.00 bits per heavy atom. The Morgan fingerprint density at radius 3 is 2.75 bits per heavy atom. The molecule has 0 radical (unpaired) electrons. The van der Waals surface area contributed by atoms with Gasteiger partial charge in [-0.05, 0) is 49.2 Å². The van der Waals surface area contributed by atoms with Gasteiger partial charge in [0, 0.05) is 30.2 Å². The summed E-state index contributed by atoms with van der Waals surface area (Å²) in [5.41, 5.74) is 1.02. The Labute approximate surface area is 191 Å². The summed E-state index contributed by atoms with van der Waals surface area (Å²) in [6.07, 6.45) is 2.14. The summed E-state index contributed by atoms with van der Waals surface area (Å²) in [4.78, 5) is 27.8. The third-order valence-electron chi connectivity index (χ3n) is 5.45. The zero-order chi connectivity index (χ0) is 22.7. The van der Waals surface area contributed by atoms with Gasteiger partial charge in [-0.2, -0.15) is 5.26 Å². The van der Waals surface area contributed by atoms with Crippen LogP contribution < -0.4 is 10.0 Å². The summed E-state index contributed by atoms with van der Waals surface area (Å²) in [5.74, 6) is -0.328. The largest absolute Gasteiger partial charge is 0.343 e. The number of anilines is 2. The molecule has 1 saturated heterocycles. The predicted octanol–water partition coefficient (Wildman–Crippen LogP) is 3.03. The van der Waals surface area contributed by atoms with Crippen molar-refractivity contribution in [1.82, 2.24) is 4.90 Å². The molecular weight excluding hydrogens is 448 g/mol. The summed E-state index contributed by atoms with van der Waals surface area (Å²) in [5, 5.41) is 11.8. The molecular formula is C22H22N4O4S2. The molecule has 10 heteroatoms. The number of rotatable bonds is 5. The second-order valence-electron chi connectivity index (χ2n) is 7.75. The highest BCUT2D eigenvalue weighted by Gasteiger charge is 2.30. The summed E-state index contributed by atoms with van der Waals surface area (Å²) in [6, 6.07) is 12.7. The van der Waals surface area contributed by atoms with E-state index in [0.29, 0.717) is 17.0 Å². The van der Waals surface area contributed by atoms with Gasteiger partial charge in [-0.25, -0.2) is 8.42 Å². The third kappa shape index (κ3) is 4.89. The van der Waals surface area contributed by atoms with Crippen LogP contribution in [0.2, 0.25) is 0 Å². The van der Waals surface area contributed by atoms with Crippen molar-refractivity contribution in [2.24, 2.45) is 5.92 Å². The molecule has 2 aromatic rings. The summed E-state index contributed by atoms with van der Waals surface area (Å²) >= 11 is 1.43. The molecule has 0 saturated carbocycles. The first-order valence-corrected chi connectivity index (χ1v) is 12.7. The Balaban J connectivity index is 1.50. The Hall–Kier alpha value is -3.03. The number of benzene rings is 2. The van der Waals surface area contributed by atoms with E-state index in [4.69, 9.17) is 5.26 Å². The van der Waals surface area contributed by atoms with Gasteiger partial charge in [-0.15, -0.1) is 11.8 Å². The molecule has 0 bridgehead atoms. The molecule has 32 heavy (non-hydrogen) atoms. The van der Waals surface area contributed by atoms with Crippen molar-refractivity contribution in [3.8, 4) is 6.07 Å². The van der Waals surface area contributed by atoms with Crippen molar-refractivity contribution < 1.29 is 18.0 Å². The molecule has 0 unspecified atom stereocenters. The van der Waals surface area contributed by atoms with E-state index in [1.807, 2.05) is 6.07 Å². The van der Waals surface area contributed by atoms with Crippen molar-refractivity contribution in [3.63, 3.8) is 0 Å². The number of sulfonamides is 1. The van der Waals surface area contributed by atoms with Crippen LogP contribution in [0.1, 0.15) is 24.8 Å². The molecule has 2 amide bonds. The first kappa shape index (κ1) is 22.2. The average Bonchev–Trinajstić information content (AvgIpc) is 3.27. The van der Waals surface area contributed by atoms with Crippen molar-refractivity contribution in [2.45, 2.75) is 29.1 Å². The highest BCUT2D eigenvalue weighted by Crippen LogP contribution is 2.35. The van der Waals surface area contributed by atoms with Crippen molar-refractivity contribution in [2.75, 3.05) is 28.9 Å². The number of nitrogens with zero attached hydrogens (tertiary/aromatic N) is 2. The second-order valence-corrected chi connectivity index (χ2v) is 10.5. The molecule has 8 nitrogen and oxygen atoms in total. The van der Waals surface area contributed by atoms with Gasteiger partial charge in [0.05, 0.1) is 33.8 Å². The van der Waals surface area contributed by atoms with Gasteiger partial charge >= 0.3 is 0 Å². The number of likely N-dealkylation sites (tertiary alicyclic amines) is 1. The Morgan fingerprint density at radius 1 is 1.22 bits per heavy atom. The molecule has 1 fully saturated rings. The van der Waals surface area contributed by atoms with Crippen LogP contribution in [-0.4, -0.2) is 44.0 Å². The molecule has 0 aliphatic carbocycles. The fourth-order valence-electron chi connectivity index (χ4n) is 3.72. The van der Waals surface area contributed by atoms with Gasteiger partial charge in [0.1, 0.15) is 0 Å². The molecule has 2 aromatic carbocycles. The number of hydrogen-bond acceptors (Lipinski definition) is 6. The van der Waals surface area contributed by atoms with E-state index in [-0.39, 0.29) is 28.8 Å². The molecule has 1 atom stereocenters. The van der Waals surface area contributed by atoms with Gasteiger partial charge < -0.3 is 10.2 Å². The van der Waals surface area contributed by atoms with Gasteiger partial charge in [-0.1, -0.05) is 6.07 Å². The van der Waals surface area contributed by atoms with E-state index in [2.05, 4.69) is 10.0 Å². The lowest BCUT2D eigenvalue weighted by atomic mass is 10.1. The van der Waals surface area contributed by atoms with E-state index >= 15 is 0 Å². The Bertz CT molecular complexity index is 1200. The second kappa shape index (κ2) is 9.22. The predicted molar refractivity (Wildman–Crippen MR) is 122 cm³/mol. The fourth-order valence-corrected chi connectivity index (χ4v) is 5.88. The minimum absolute atomic E-state index is 0.00824. The number of thioether (sulfide) groups is 1. The Kier molecular flexibility index (Phi) is 6.39. The highest BCUT2D eigenvalue weighted by molar-refractivity contribution is 7.99. The quantitative estimate of drug-likeness (QED) is 0.693. The molecule has 2 N–H and O–H groups in total. The molecule has 166 valence electrons. The van der Waals surface area contributed by atoms with E-state index in [1.165, 1.54) is 30.0 Å². The van der Waals surface area contributed by atoms with Crippen LogP contribution in [0.3, 0.4) is 0 Å². The fraction of sp³-hybridized carbons (Fsp3) is 0.318. The zero-order valence-electron chi connectivity index (χ0n) is 17.2.